The van der Waals surface area contributed by atoms with Gasteiger partial charge in [-0.25, -0.2) is 8.42 Å². The number of rotatable bonds is 7. The minimum Gasteiger partial charge on any atom is -0.405 e. The van der Waals surface area contributed by atoms with Crippen LogP contribution in [0, 0.1) is 0 Å². The first kappa shape index (κ1) is 24.6. The largest absolute Gasteiger partial charge is 0.573 e. The summed E-state index contributed by atoms with van der Waals surface area (Å²) in [6, 6.07) is 16.1. The van der Waals surface area contributed by atoms with Crippen LogP contribution in [0.25, 0.3) is 11.1 Å². The number of carbonyl (C=O) groups excluding carboxylic acids is 1. The first-order valence-electron chi connectivity index (χ1n) is 9.75. The zero-order chi connectivity index (χ0) is 24.2. The zero-order valence-corrected chi connectivity index (χ0v) is 18.9. The van der Waals surface area contributed by atoms with Gasteiger partial charge in [0, 0.05) is 5.56 Å². The normalized spacial score (nSPS) is 11.8. The van der Waals surface area contributed by atoms with E-state index in [9.17, 15) is 26.4 Å². The van der Waals surface area contributed by atoms with Gasteiger partial charge in [-0.15, -0.1) is 13.2 Å². The number of benzene rings is 3. The highest BCUT2D eigenvalue weighted by Crippen LogP contribution is 2.36. The van der Waals surface area contributed by atoms with E-state index in [0.29, 0.717) is 11.1 Å². The van der Waals surface area contributed by atoms with E-state index in [1.54, 1.807) is 25.1 Å². The summed E-state index contributed by atoms with van der Waals surface area (Å²) in [5.74, 6) is -0.781. The Hall–Kier alpha value is -3.04. The molecule has 0 aliphatic heterocycles. The second kappa shape index (κ2) is 9.84. The highest BCUT2D eigenvalue weighted by atomic mass is 35.5. The summed E-state index contributed by atoms with van der Waals surface area (Å²) in [6.07, 6.45) is -4.86. The van der Waals surface area contributed by atoms with E-state index in [1.165, 1.54) is 48.5 Å². The summed E-state index contributed by atoms with van der Waals surface area (Å²) in [4.78, 5) is 12.6. The predicted molar refractivity (Wildman–Crippen MR) is 120 cm³/mol. The second-order valence-corrected chi connectivity index (χ2v) is 9.70. The van der Waals surface area contributed by atoms with Crippen LogP contribution in [-0.2, 0) is 21.1 Å². The van der Waals surface area contributed by atoms with Crippen LogP contribution in [-0.4, -0.2) is 26.4 Å². The highest BCUT2D eigenvalue weighted by Gasteiger charge is 2.32. The Morgan fingerprint density at radius 2 is 1.70 bits per heavy atom. The van der Waals surface area contributed by atoms with Crippen molar-refractivity contribution in [1.82, 2.24) is 0 Å². The van der Waals surface area contributed by atoms with Crippen molar-refractivity contribution in [3.63, 3.8) is 0 Å². The lowest BCUT2D eigenvalue weighted by Crippen LogP contribution is -2.17. The molecule has 33 heavy (non-hydrogen) atoms. The molecule has 0 spiro atoms. The monoisotopic (exact) mass is 497 g/mol. The third-order valence-electron chi connectivity index (χ3n) is 4.69. The van der Waals surface area contributed by atoms with Gasteiger partial charge in [0.2, 0.25) is 5.91 Å². The fourth-order valence-electron chi connectivity index (χ4n) is 3.06. The van der Waals surface area contributed by atoms with E-state index in [1.807, 2.05) is 0 Å². The topological polar surface area (TPSA) is 72.5 Å². The van der Waals surface area contributed by atoms with E-state index in [-0.39, 0.29) is 39.1 Å². The smallest absolute Gasteiger partial charge is 0.405 e. The maximum Gasteiger partial charge on any atom is 0.573 e. The average Bonchev–Trinajstić information content (AvgIpc) is 2.75. The summed E-state index contributed by atoms with van der Waals surface area (Å²) >= 11 is 6.25. The van der Waals surface area contributed by atoms with Gasteiger partial charge in [-0.1, -0.05) is 54.9 Å². The summed E-state index contributed by atoms with van der Waals surface area (Å²) in [5, 5.41) is 2.78. The Bertz CT molecular complexity index is 1260. The molecule has 0 saturated carbocycles. The molecule has 3 rings (SSSR count). The average molecular weight is 498 g/mol. The predicted octanol–water partition coefficient (Wildman–Crippen LogP) is 5.88. The molecule has 0 radical (unpaired) electrons. The summed E-state index contributed by atoms with van der Waals surface area (Å²) in [5.41, 5.74) is 1.46. The molecule has 0 saturated heterocycles. The zero-order valence-electron chi connectivity index (χ0n) is 17.3. The SMILES string of the molecule is CCS(=O)(=O)c1ccc(CC(=O)Nc2ccc(-c3ccccc3OC(F)(F)F)cc2Cl)cc1. The third kappa shape index (κ3) is 6.49. The van der Waals surface area contributed by atoms with Crippen LogP contribution in [0.1, 0.15) is 12.5 Å². The van der Waals surface area contributed by atoms with E-state index < -0.39 is 22.1 Å². The number of amides is 1. The molecule has 174 valence electrons. The summed E-state index contributed by atoms with van der Waals surface area (Å²) in [7, 11) is -3.33. The molecule has 10 heteroatoms. The Morgan fingerprint density at radius 3 is 2.30 bits per heavy atom. The molecule has 0 aliphatic carbocycles. The van der Waals surface area contributed by atoms with Crippen molar-refractivity contribution in [1.29, 1.82) is 0 Å². The molecular weight excluding hydrogens is 479 g/mol. The first-order chi connectivity index (χ1) is 15.5. The van der Waals surface area contributed by atoms with Crippen molar-refractivity contribution in [3.05, 3.63) is 77.3 Å². The number of hydrogen-bond donors (Lipinski definition) is 1. The molecule has 5 nitrogen and oxygen atoms in total. The number of ether oxygens (including phenoxy) is 1. The van der Waals surface area contributed by atoms with E-state index in [2.05, 4.69) is 10.1 Å². The highest BCUT2D eigenvalue weighted by molar-refractivity contribution is 7.91. The molecular formula is C23H19ClF3NO4S. The van der Waals surface area contributed by atoms with Crippen LogP contribution >= 0.6 is 11.6 Å². The molecule has 0 bridgehead atoms. The van der Waals surface area contributed by atoms with Gasteiger partial charge in [-0.05, 0) is 41.5 Å². The number of nitrogens with one attached hydrogen (secondary N) is 1. The van der Waals surface area contributed by atoms with E-state index in [4.69, 9.17) is 11.6 Å². The van der Waals surface area contributed by atoms with Crippen LogP contribution < -0.4 is 10.1 Å². The number of carbonyl (C=O) groups is 1. The maximum atomic E-state index is 12.7. The minimum atomic E-state index is -4.84. The first-order valence-corrected chi connectivity index (χ1v) is 11.8. The van der Waals surface area contributed by atoms with Crippen molar-refractivity contribution in [2.45, 2.75) is 24.6 Å². The number of halogens is 4. The fourth-order valence-corrected chi connectivity index (χ4v) is 4.18. The molecule has 0 aliphatic rings. The second-order valence-electron chi connectivity index (χ2n) is 7.01. The van der Waals surface area contributed by atoms with Gasteiger partial charge in [0.1, 0.15) is 5.75 Å². The van der Waals surface area contributed by atoms with Crippen LogP contribution in [0.5, 0.6) is 5.75 Å². The third-order valence-corrected chi connectivity index (χ3v) is 6.76. The lowest BCUT2D eigenvalue weighted by atomic mass is 10.0. The van der Waals surface area contributed by atoms with Gasteiger partial charge in [-0.3, -0.25) is 4.79 Å². The van der Waals surface area contributed by atoms with Crippen LogP contribution in [0.3, 0.4) is 0 Å². The van der Waals surface area contributed by atoms with Gasteiger partial charge in [0.15, 0.2) is 9.84 Å². The number of sulfone groups is 1. The Morgan fingerprint density at radius 1 is 1.03 bits per heavy atom. The number of para-hydroxylation sites is 1. The molecule has 3 aromatic carbocycles. The molecule has 0 heterocycles. The molecule has 3 aromatic rings. The molecule has 1 N–H and O–H groups in total. The van der Waals surface area contributed by atoms with Crippen molar-refractivity contribution in [2.24, 2.45) is 0 Å². The van der Waals surface area contributed by atoms with Gasteiger partial charge in [0.25, 0.3) is 0 Å². The lowest BCUT2D eigenvalue weighted by Gasteiger charge is -2.14. The molecule has 1 amide bonds. The van der Waals surface area contributed by atoms with Gasteiger partial charge in [0.05, 0.1) is 27.8 Å². The molecule has 0 fully saturated rings. The van der Waals surface area contributed by atoms with Crippen molar-refractivity contribution in [3.8, 4) is 16.9 Å². The summed E-state index contributed by atoms with van der Waals surface area (Å²) in [6.45, 7) is 1.55. The molecule has 0 atom stereocenters. The van der Waals surface area contributed by atoms with Crippen LogP contribution in [0.15, 0.2) is 71.6 Å². The maximum absolute atomic E-state index is 12.7. The quantitative estimate of drug-likeness (QED) is 0.442. The van der Waals surface area contributed by atoms with Crippen LogP contribution in [0.4, 0.5) is 18.9 Å². The minimum absolute atomic E-state index is 0.0197. The Balaban J connectivity index is 1.73. The molecule has 0 aromatic heterocycles. The number of hydrogen-bond acceptors (Lipinski definition) is 4. The van der Waals surface area contributed by atoms with E-state index >= 15 is 0 Å². The van der Waals surface area contributed by atoms with Crippen LogP contribution in [0.2, 0.25) is 5.02 Å². The van der Waals surface area contributed by atoms with Gasteiger partial charge >= 0.3 is 6.36 Å². The number of alkyl halides is 3. The van der Waals surface area contributed by atoms with Gasteiger partial charge < -0.3 is 10.1 Å². The number of anilines is 1. The van der Waals surface area contributed by atoms with E-state index in [0.717, 1.165) is 0 Å². The van der Waals surface area contributed by atoms with Crippen molar-refractivity contribution < 1.29 is 31.1 Å². The molecule has 0 unspecified atom stereocenters. The van der Waals surface area contributed by atoms with Crippen molar-refractivity contribution >= 4 is 33.0 Å². The van der Waals surface area contributed by atoms with Gasteiger partial charge in [-0.2, -0.15) is 0 Å². The Kier molecular flexibility index (Phi) is 7.34. The standard InChI is InChI=1S/C23H19ClF3NO4S/c1-2-33(30,31)17-10-7-15(8-11-17)13-22(29)28-20-12-9-16(14-19(20)24)18-5-3-4-6-21(18)32-23(25,26)27/h3-12,14H,2,13H2,1H3,(H,28,29). The fraction of sp³-hybridized carbons (Fsp3) is 0.174. The van der Waals surface area contributed by atoms with Crippen molar-refractivity contribution in [2.75, 3.05) is 11.1 Å². The summed E-state index contributed by atoms with van der Waals surface area (Å²) < 4.78 is 65.9. The Labute approximate surface area is 194 Å². The lowest BCUT2D eigenvalue weighted by molar-refractivity contribution is -0.274.